The van der Waals surface area contributed by atoms with E-state index in [1.54, 1.807) is 12.1 Å². The second kappa shape index (κ2) is 10.2. The Morgan fingerprint density at radius 1 is 1.21 bits per heavy atom. The van der Waals surface area contributed by atoms with Crippen LogP contribution in [0.1, 0.15) is 12.0 Å². The Morgan fingerprint density at radius 2 is 1.94 bits per heavy atom. The van der Waals surface area contributed by atoms with Crippen LogP contribution in [0.3, 0.4) is 0 Å². The fourth-order valence-corrected chi connectivity index (χ4v) is 3.86. The Balaban J connectivity index is 1.85. The van der Waals surface area contributed by atoms with Gasteiger partial charge in [0.05, 0.1) is 28.5 Å². The maximum atomic E-state index is 11.8. The zero-order chi connectivity index (χ0) is 24.1. The van der Waals surface area contributed by atoms with Crippen molar-refractivity contribution in [1.82, 2.24) is 5.32 Å². The number of ether oxygens (including phenoxy) is 1. The number of rotatable bonds is 8. The molecular formula is C18H12BrN5O8S. The van der Waals surface area contributed by atoms with Crippen molar-refractivity contribution in [2.24, 2.45) is 10.2 Å². The van der Waals surface area contributed by atoms with Gasteiger partial charge < -0.3 is 15.2 Å². The number of carbonyl (C=O) groups is 2. The first-order valence-corrected chi connectivity index (χ1v) is 10.5. The van der Waals surface area contributed by atoms with E-state index < -0.39 is 38.3 Å². The number of halogens is 1. The van der Waals surface area contributed by atoms with Crippen LogP contribution in [0.25, 0.3) is 0 Å². The Bertz CT molecular complexity index is 1220. The first-order valence-electron chi connectivity index (χ1n) is 8.84. The number of carboxylic acid groups (broad SMARTS) is 1. The number of non-ortho nitro benzene ring substituents is 1. The number of carbonyl (C=O) groups excluding carboxylic acids is 1. The fourth-order valence-electron chi connectivity index (χ4n) is 2.57. The monoisotopic (exact) mass is 537 g/mol. The lowest BCUT2D eigenvalue weighted by Gasteiger charge is -2.09. The lowest BCUT2D eigenvalue weighted by molar-refractivity contribution is -0.394. The SMILES string of the molecule is O=C(O)CC1SC(=NN=Cc2cc(Br)ccc2Oc2ccc([N+](=O)[O-])cc2[N+](=O)[O-])NC1=O. The third-order valence-corrected chi connectivity index (χ3v) is 5.59. The van der Waals surface area contributed by atoms with Gasteiger partial charge in [0.1, 0.15) is 11.0 Å². The Morgan fingerprint density at radius 3 is 2.61 bits per heavy atom. The van der Waals surface area contributed by atoms with E-state index in [1.165, 1.54) is 12.3 Å². The third kappa shape index (κ3) is 6.11. The second-order valence-electron chi connectivity index (χ2n) is 6.29. The quantitative estimate of drug-likeness (QED) is 0.288. The number of thioether (sulfide) groups is 1. The topological polar surface area (TPSA) is 187 Å². The lowest BCUT2D eigenvalue weighted by Crippen LogP contribution is -2.26. The van der Waals surface area contributed by atoms with Gasteiger partial charge >= 0.3 is 11.7 Å². The number of hydrogen-bond acceptors (Lipinski definition) is 10. The summed E-state index contributed by atoms with van der Waals surface area (Å²) >= 11 is 4.21. The highest BCUT2D eigenvalue weighted by Gasteiger charge is 2.32. The van der Waals surface area contributed by atoms with E-state index in [0.717, 1.165) is 30.0 Å². The summed E-state index contributed by atoms with van der Waals surface area (Å²) in [7, 11) is 0. The molecule has 0 aliphatic carbocycles. The van der Waals surface area contributed by atoms with E-state index in [-0.39, 0.29) is 23.1 Å². The van der Waals surface area contributed by atoms with E-state index in [0.29, 0.717) is 10.0 Å². The smallest absolute Gasteiger partial charge is 0.318 e. The summed E-state index contributed by atoms with van der Waals surface area (Å²) in [6.07, 6.45) is 0.901. The van der Waals surface area contributed by atoms with Crippen molar-refractivity contribution in [2.75, 3.05) is 0 Å². The van der Waals surface area contributed by atoms with Gasteiger partial charge in [-0.25, -0.2) is 0 Å². The predicted octanol–water partition coefficient (Wildman–Crippen LogP) is 3.45. The van der Waals surface area contributed by atoms with Crippen molar-refractivity contribution in [2.45, 2.75) is 11.7 Å². The van der Waals surface area contributed by atoms with Crippen molar-refractivity contribution in [3.63, 3.8) is 0 Å². The van der Waals surface area contributed by atoms with Crippen LogP contribution in [0.4, 0.5) is 11.4 Å². The summed E-state index contributed by atoms with van der Waals surface area (Å²) in [5, 5.41) is 40.5. The lowest BCUT2D eigenvalue weighted by atomic mass is 10.2. The average molecular weight is 538 g/mol. The van der Waals surface area contributed by atoms with E-state index in [1.807, 2.05) is 0 Å². The van der Waals surface area contributed by atoms with Gasteiger partial charge in [0.25, 0.3) is 5.69 Å². The average Bonchev–Trinajstić information content (AvgIpc) is 3.08. The van der Waals surface area contributed by atoms with Crippen LogP contribution in [0.5, 0.6) is 11.5 Å². The van der Waals surface area contributed by atoms with Crippen LogP contribution in [0.15, 0.2) is 51.1 Å². The first-order chi connectivity index (χ1) is 15.6. The van der Waals surface area contributed by atoms with Crippen molar-refractivity contribution in [1.29, 1.82) is 0 Å². The van der Waals surface area contributed by atoms with Gasteiger partial charge in [-0.05, 0) is 24.3 Å². The highest BCUT2D eigenvalue weighted by Crippen LogP contribution is 2.36. The molecule has 1 saturated heterocycles. The third-order valence-electron chi connectivity index (χ3n) is 4.02. The summed E-state index contributed by atoms with van der Waals surface area (Å²) in [6.45, 7) is 0. The molecule has 1 fully saturated rings. The van der Waals surface area contributed by atoms with E-state index in [4.69, 9.17) is 9.84 Å². The zero-order valence-corrected chi connectivity index (χ0v) is 18.6. The molecule has 33 heavy (non-hydrogen) atoms. The molecule has 3 rings (SSSR count). The molecule has 1 aliphatic rings. The van der Waals surface area contributed by atoms with Gasteiger partial charge in [-0.2, -0.15) is 5.10 Å². The maximum absolute atomic E-state index is 11.8. The van der Waals surface area contributed by atoms with E-state index >= 15 is 0 Å². The van der Waals surface area contributed by atoms with Crippen LogP contribution in [-0.2, 0) is 9.59 Å². The molecule has 1 heterocycles. The van der Waals surface area contributed by atoms with E-state index in [2.05, 4.69) is 31.4 Å². The van der Waals surface area contributed by atoms with Crippen LogP contribution >= 0.6 is 27.7 Å². The number of nitro groups is 2. The molecular weight excluding hydrogens is 526 g/mol. The largest absolute Gasteiger partial charge is 0.481 e. The Hall–Kier alpha value is -3.85. The van der Waals surface area contributed by atoms with Gasteiger partial charge in [-0.15, -0.1) is 5.10 Å². The molecule has 0 spiro atoms. The standard InChI is InChI=1S/C18H12BrN5O8S/c19-10-1-3-13(32-14-4-2-11(23(28)29)6-12(14)24(30)31)9(5-10)8-20-22-18-21-17(27)15(33-18)7-16(25)26/h1-6,8,15H,7H2,(H,25,26)(H,21,22,27). The Labute approximate surface area is 197 Å². The highest BCUT2D eigenvalue weighted by molar-refractivity contribution is 9.10. The molecule has 0 radical (unpaired) electrons. The fraction of sp³-hybridized carbons (Fsp3) is 0.111. The molecule has 15 heteroatoms. The van der Waals surface area contributed by atoms with Crippen molar-refractivity contribution >= 4 is 62.3 Å². The molecule has 1 amide bonds. The minimum absolute atomic E-state index is 0.117. The number of aliphatic carboxylic acids is 1. The van der Waals surface area contributed by atoms with Crippen LogP contribution in [0.2, 0.25) is 0 Å². The molecule has 170 valence electrons. The number of nitro benzene ring substituents is 2. The maximum Gasteiger partial charge on any atom is 0.318 e. The summed E-state index contributed by atoms with van der Waals surface area (Å²) in [6, 6.07) is 7.69. The van der Waals surface area contributed by atoms with Crippen molar-refractivity contribution < 1.29 is 29.3 Å². The van der Waals surface area contributed by atoms with Gasteiger partial charge in [-0.1, -0.05) is 27.7 Å². The predicted molar refractivity (Wildman–Crippen MR) is 121 cm³/mol. The number of hydrogen-bond donors (Lipinski definition) is 2. The van der Waals surface area contributed by atoms with E-state index in [9.17, 15) is 29.8 Å². The minimum atomic E-state index is -1.12. The van der Waals surface area contributed by atoms with Crippen molar-refractivity contribution in [3.8, 4) is 11.5 Å². The highest BCUT2D eigenvalue weighted by atomic mass is 79.9. The number of nitrogens with one attached hydrogen (secondary N) is 1. The molecule has 13 nitrogen and oxygen atoms in total. The van der Waals surface area contributed by atoms with Crippen molar-refractivity contribution in [3.05, 3.63) is 66.7 Å². The molecule has 0 saturated carbocycles. The van der Waals surface area contributed by atoms with Gasteiger partial charge in [0, 0.05) is 16.1 Å². The molecule has 0 aromatic heterocycles. The summed E-state index contributed by atoms with van der Waals surface area (Å²) in [5.74, 6) is -1.69. The Kier molecular flexibility index (Phi) is 7.34. The van der Waals surface area contributed by atoms with Gasteiger partial charge in [0.15, 0.2) is 5.17 Å². The van der Waals surface area contributed by atoms with Crippen LogP contribution < -0.4 is 10.1 Å². The normalized spacial score (nSPS) is 16.7. The second-order valence-corrected chi connectivity index (χ2v) is 8.40. The summed E-state index contributed by atoms with van der Waals surface area (Å²) in [4.78, 5) is 43.2. The molecule has 2 aromatic carbocycles. The number of nitrogens with zero attached hydrogens (tertiary/aromatic N) is 4. The van der Waals surface area contributed by atoms with Gasteiger partial charge in [-0.3, -0.25) is 29.8 Å². The number of amides is 1. The van der Waals surface area contributed by atoms with Crippen LogP contribution in [-0.4, -0.2) is 43.5 Å². The summed E-state index contributed by atoms with van der Waals surface area (Å²) < 4.78 is 6.26. The number of amidine groups is 1. The van der Waals surface area contributed by atoms with Gasteiger partial charge in [0.2, 0.25) is 11.7 Å². The molecule has 2 N–H and O–H groups in total. The van der Waals surface area contributed by atoms with Crippen LogP contribution in [0, 0.1) is 20.2 Å². The zero-order valence-electron chi connectivity index (χ0n) is 16.2. The minimum Gasteiger partial charge on any atom is -0.481 e. The molecule has 0 bridgehead atoms. The molecule has 1 atom stereocenters. The molecule has 2 aromatic rings. The number of benzene rings is 2. The molecule has 1 aliphatic heterocycles. The molecule has 1 unspecified atom stereocenters. The number of carboxylic acids is 1. The first kappa shape index (κ1) is 23.8. The summed E-state index contributed by atoms with van der Waals surface area (Å²) in [5.41, 5.74) is -0.706.